The Morgan fingerprint density at radius 1 is 1.76 bits per heavy atom. The van der Waals surface area contributed by atoms with Gasteiger partial charge in [-0.2, -0.15) is 0 Å². The van der Waals surface area contributed by atoms with Crippen LogP contribution in [0.2, 0.25) is 0 Å². The smallest absolute Gasteiger partial charge is 0.311 e. The van der Waals surface area contributed by atoms with E-state index >= 15 is 0 Å². The molecule has 1 aliphatic heterocycles. The molecule has 0 N–H and O–H groups in total. The highest BCUT2D eigenvalue weighted by Gasteiger charge is 2.19. The molecular formula is C11H16N2O3S. The van der Waals surface area contributed by atoms with Crippen LogP contribution in [0.25, 0.3) is 0 Å². The first-order valence-electron chi connectivity index (χ1n) is 5.57. The van der Waals surface area contributed by atoms with Crippen molar-refractivity contribution in [2.24, 2.45) is 0 Å². The predicted octanol–water partition coefficient (Wildman–Crippen LogP) is 1.08. The number of anilines is 1. The van der Waals surface area contributed by atoms with Crippen LogP contribution in [-0.2, 0) is 20.7 Å². The summed E-state index contributed by atoms with van der Waals surface area (Å²) in [5, 5.41) is 2.87. The van der Waals surface area contributed by atoms with Gasteiger partial charge in [-0.05, 0) is 6.92 Å². The SMILES string of the molecule is COC(=O)Cc1csc(N2CCOC(C)C2)n1. The molecule has 6 heteroatoms. The second kappa shape index (κ2) is 5.46. The van der Waals surface area contributed by atoms with Crippen molar-refractivity contribution in [3.8, 4) is 0 Å². The van der Waals surface area contributed by atoms with E-state index in [9.17, 15) is 4.79 Å². The molecule has 17 heavy (non-hydrogen) atoms. The molecule has 0 radical (unpaired) electrons. The van der Waals surface area contributed by atoms with Gasteiger partial charge in [-0.25, -0.2) is 4.98 Å². The van der Waals surface area contributed by atoms with Gasteiger partial charge in [0.05, 0.1) is 31.9 Å². The number of esters is 1. The molecule has 1 saturated heterocycles. The Kier molecular flexibility index (Phi) is 3.96. The zero-order chi connectivity index (χ0) is 12.3. The fourth-order valence-corrected chi connectivity index (χ4v) is 2.60. The molecule has 1 atom stereocenters. The lowest BCUT2D eigenvalue weighted by Gasteiger charge is -2.30. The number of methoxy groups -OCH3 is 1. The van der Waals surface area contributed by atoms with Gasteiger partial charge in [-0.3, -0.25) is 4.79 Å². The molecule has 1 aromatic heterocycles. The van der Waals surface area contributed by atoms with Crippen LogP contribution in [0.5, 0.6) is 0 Å². The van der Waals surface area contributed by atoms with Crippen LogP contribution in [-0.4, -0.2) is 43.9 Å². The summed E-state index contributed by atoms with van der Waals surface area (Å²) in [4.78, 5) is 17.8. The molecule has 1 aromatic rings. The number of hydrogen-bond donors (Lipinski definition) is 0. The molecule has 1 aliphatic rings. The van der Waals surface area contributed by atoms with Crippen molar-refractivity contribution in [1.82, 2.24) is 4.98 Å². The van der Waals surface area contributed by atoms with Gasteiger partial charge < -0.3 is 14.4 Å². The van der Waals surface area contributed by atoms with Crippen molar-refractivity contribution in [3.05, 3.63) is 11.1 Å². The minimum atomic E-state index is -0.253. The Morgan fingerprint density at radius 2 is 2.59 bits per heavy atom. The normalized spacial score (nSPS) is 20.4. The van der Waals surface area contributed by atoms with Crippen molar-refractivity contribution >= 4 is 22.4 Å². The van der Waals surface area contributed by atoms with Crippen LogP contribution in [0, 0.1) is 0 Å². The maximum Gasteiger partial charge on any atom is 0.311 e. The maximum absolute atomic E-state index is 11.1. The second-order valence-corrected chi connectivity index (χ2v) is 4.84. The molecule has 1 fully saturated rings. The van der Waals surface area contributed by atoms with Gasteiger partial charge in [0.2, 0.25) is 0 Å². The third kappa shape index (κ3) is 3.17. The van der Waals surface area contributed by atoms with Gasteiger partial charge in [-0.15, -0.1) is 11.3 Å². The Morgan fingerprint density at radius 3 is 3.29 bits per heavy atom. The van der Waals surface area contributed by atoms with E-state index in [0.29, 0.717) is 0 Å². The third-order valence-electron chi connectivity index (χ3n) is 2.60. The topological polar surface area (TPSA) is 51.7 Å². The third-order valence-corrected chi connectivity index (χ3v) is 3.55. The Balaban J connectivity index is 1.99. The molecule has 2 heterocycles. The summed E-state index contributed by atoms with van der Waals surface area (Å²) in [6.07, 6.45) is 0.476. The van der Waals surface area contributed by atoms with E-state index in [0.717, 1.165) is 30.5 Å². The molecule has 0 amide bonds. The number of hydrogen-bond acceptors (Lipinski definition) is 6. The monoisotopic (exact) mass is 256 g/mol. The molecule has 0 spiro atoms. The molecule has 1 unspecified atom stereocenters. The summed E-state index contributed by atoms with van der Waals surface area (Å²) in [5.41, 5.74) is 0.774. The Labute approximate surface area is 104 Å². The number of thiazole rings is 1. The van der Waals surface area contributed by atoms with Crippen LogP contribution in [0.4, 0.5) is 5.13 Å². The molecule has 94 valence electrons. The average Bonchev–Trinajstić information content (AvgIpc) is 2.77. The molecular weight excluding hydrogens is 240 g/mol. The molecule has 0 bridgehead atoms. The number of rotatable bonds is 3. The van der Waals surface area contributed by atoms with Gasteiger partial charge in [0, 0.05) is 18.5 Å². The first-order chi connectivity index (χ1) is 8.19. The maximum atomic E-state index is 11.1. The highest BCUT2D eigenvalue weighted by molar-refractivity contribution is 7.13. The number of ether oxygens (including phenoxy) is 2. The summed E-state index contributed by atoms with van der Waals surface area (Å²) in [6, 6.07) is 0. The first-order valence-corrected chi connectivity index (χ1v) is 6.45. The number of aromatic nitrogens is 1. The van der Waals surface area contributed by atoms with Crippen LogP contribution in [0.3, 0.4) is 0 Å². The number of nitrogens with zero attached hydrogens (tertiary/aromatic N) is 2. The average molecular weight is 256 g/mol. The lowest BCUT2D eigenvalue weighted by Crippen LogP contribution is -2.41. The van der Waals surface area contributed by atoms with Crippen molar-refractivity contribution in [1.29, 1.82) is 0 Å². The van der Waals surface area contributed by atoms with Crippen molar-refractivity contribution in [3.63, 3.8) is 0 Å². The van der Waals surface area contributed by atoms with Crippen LogP contribution < -0.4 is 4.90 Å². The van der Waals surface area contributed by atoms with Crippen LogP contribution in [0.15, 0.2) is 5.38 Å². The van der Waals surface area contributed by atoms with E-state index in [1.165, 1.54) is 7.11 Å². The zero-order valence-electron chi connectivity index (χ0n) is 10.0. The quantitative estimate of drug-likeness (QED) is 0.758. The minimum absolute atomic E-state index is 0.233. The minimum Gasteiger partial charge on any atom is -0.469 e. The number of morpholine rings is 1. The number of carbonyl (C=O) groups is 1. The first kappa shape index (κ1) is 12.3. The van der Waals surface area contributed by atoms with E-state index in [2.05, 4.69) is 21.5 Å². The van der Waals surface area contributed by atoms with Crippen LogP contribution >= 0.6 is 11.3 Å². The van der Waals surface area contributed by atoms with Gasteiger partial charge in [0.25, 0.3) is 0 Å². The highest BCUT2D eigenvalue weighted by atomic mass is 32.1. The fraction of sp³-hybridized carbons (Fsp3) is 0.636. The fourth-order valence-electron chi connectivity index (χ4n) is 1.73. The largest absolute Gasteiger partial charge is 0.469 e. The Hall–Kier alpha value is -1.14. The molecule has 2 rings (SSSR count). The van der Waals surface area contributed by atoms with E-state index < -0.39 is 0 Å². The van der Waals surface area contributed by atoms with Gasteiger partial charge in [0.1, 0.15) is 0 Å². The summed E-state index contributed by atoms with van der Waals surface area (Å²) < 4.78 is 10.1. The van der Waals surface area contributed by atoms with Crippen molar-refractivity contribution < 1.29 is 14.3 Å². The second-order valence-electron chi connectivity index (χ2n) is 4.00. The summed E-state index contributed by atoms with van der Waals surface area (Å²) in [7, 11) is 1.39. The van der Waals surface area contributed by atoms with Crippen LogP contribution in [0.1, 0.15) is 12.6 Å². The molecule has 0 aliphatic carbocycles. The lowest BCUT2D eigenvalue weighted by atomic mass is 10.3. The summed E-state index contributed by atoms with van der Waals surface area (Å²) >= 11 is 1.56. The van der Waals surface area contributed by atoms with Crippen molar-refractivity contribution in [2.75, 3.05) is 31.7 Å². The van der Waals surface area contributed by atoms with E-state index in [1.54, 1.807) is 11.3 Å². The predicted molar refractivity (Wildman–Crippen MR) is 65.5 cm³/mol. The molecule has 5 nitrogen and oxygen atoms in total. The molecule has 0 aromatic carbocycles. The summed E-state index contributed by atoms with van der Waals surface area (Å²) in [5.74, 6) is -0.253. The van der Waals surface area contributed by atoms with E-state index in [-0.39, 0.29) is 18.5 Å². The zero-order valence-corrected chi connectivity index (χ0v) is 10.8. The van der Waals surface area contributed by atoms with E-state index in [1.807, 2.05) is 5.38 Å². The van der Waals surface area contributed by atoms with Gasteiger partial charge >= 0.3 is 5.97 Å². The van der Waals surface area contributed by atoms with Gasteiger partial charge in [0.15, 0.2) is 5.13 Å². The summed E-state index contributed by atoms with van der Waals surface area (Å²) in [6.45, 7) is 4.49. The highest BCUT2D eigenvalue weighted by Crippen LogP contribution is 2.22. The molecule has 0 saturated carbocycles. The Bertz CT molecular complexity index is 394. The van der Waals surface area contributed by atoms with Crippen molar-refractivity contribution in [2.45, 2.75) is 19.4 Å². The number of carbonyl (C=O) groups excluding carboxylic acids is 1. The lowest BCUT2D eigenvalue weighted by molar-refractivity contribution is -0.139. The van der Waals surface area contributed by atoms with Gasteiger partial charge in [-0.1, -0.05) is 0 Å². The standard InChI is InChI=1S/C11H16N2O3S/c1-8-6-13(3-4-16-8)11-12-9(7-17-11)5-10(14)15-2/h7-8H,3-6H2,1-2H3. The van der Waals surface area contributed by atoms with E-state index in [4.69, 9.17) is 4.74 Å².